The SMILES string of the molecule is COc1ccc(C(C)(C)CNC(=O)Nc2ccccc2C)cc1OC. The molecule has 0 bridgehead atoms. The summed E-state index contributed by atoms with van der Waals surface area (Å²) in [6.45, 7) is 6.59. The first-order valence-corrected chi connectivity index (χ1v) is 8.20. The zero-order chi connectivity index (χ0) is 18.4. The summed E-state index contributed by atoms with van der Waals surface area (Å²) >= 11 is 0. The molecule has 2 aromatic rings. The minimum Gasteiger partial charge on any atom is -0.493 e. The van der Waals surface area contributed by atoms with E-state index >= 15 is 0 Å². The van der Waals surface area contributed by atoms with Crippen molar-refractivity contribution in [3.05, 3.63) is 53.6 Å². The van der Waals surface area contributed by atoms with Gasteiger partial charge in [0.15, 0.2) is 11.5 Å². The number of carbonyl (C=O) groups is 1. The molecular weight excluding hydrogens is 316 g/mol. The summed E-state index contributed by atoms with van der Waals surface area (Å²) in [6, 6.07) is 13.3. The Morgan fingerprint density at radius 1 is 1.04 bits per heavy atom. The highest BCUT2D eigenvalue weighted by atomic mass is 16.5. The molecule has 2 rings (SSSR count). The summed E-state index contributed by atoms with van der Waals surface area (Å²) in [5.74, 6) is 1.37. The Bertz CT molecular complexity index is 741. The third-order valence-corrected chi connectivity index (χ3v) is 4.25. The van der Waals surface area contributed by atoms with Crippen molar-refractivity contribution >= 4 is 11.7 Å². The van der Waals surface area contributed by atoms with Crippen molar-refractivity contribution in [2.24, 2.45) is 0 Å². The molecule has 2 amide bonds. The van der Waals surface area contributed by atoms with Gasteiger partial charge in [-0.3, -0.25) is 0 Å². The first kappa shape index (κ1) is 18.6. The molecule has 2 aromatic carbocycles. The van der Waals surface area contributed by atoms with Crippen LogP contribution in [0.3, 0.4) is 0 Å². The molecule has 2 N–H and O–H groups in total. The van der Waals surface area contributed by atoms with Crippen LogP contribution in [0.25, 0.3) is 0 Å². The van der Waals surface area contributed by atoms with Gasteiger partial charge in [0.05, 0.1) is 14.2 Å². The highest BCUT2D eigenvalue weighted by Crippen LogP contribution is 2.32. The summed E-state index contributed by atoms with van der Waals surface area (Å²) < 4.78 is 10.6. The largest absolute Gasteiger partial charge is 0.493 e. The Balaban J connectivity index is 2.03. The maximum Gasteiger partial charge on any atom is 0.319 e. The van der Waals surface area contributed by atoms with Gasteiger partial charge in [-0.15, -0.1) is 0 Å². The van der Waals surface area contributed by atoms with E-state index in [9.17, 15) is 4.79 Å². The van der Waals surface area contributed by atoms with Crippen molar-refractivity contribution in [3.63, 3.8) is 0 Å². The van der Waals surface area contributed by atoms with Gasteiger partial charge in [-0.05, 0) is 36.2 Å². The third kappa shape index (κ3) is 4.66. The summed E-state index contributed by atoms with van der Waals surface area (Å²) in [5, 5.41) is 5.82. The van der Waals surface area contributed by atoms with Crippen LogP contribution in [0, 0.1) is 6.92 Å². The number of carbonyl (C=O) groups excluding carboxylic acids is 1. The molecule has 0 atom stereocenters. The van der Waals surface area contributed by atoms with Gasteiger partial charge < -0.3 is 20.1 Å². The van der Waals surface area contributed by atoms with Crippen LogP contribution in [0.5, 0.6) is 11.5 Å². The van der Waals surface area contributed by atoms with Gasteiger partial charge in [0, 0.05) is 17.6 Å². The highest BCUT2D eigenvalue weighted by molar-refractivity contribution is 5.90. The van der Waals surface area contributed by atoms with Crippen LogP contribution in [0.1, 0.15) is 25.0 Å². The molecule has 0 aromatic heterocycles. The van der Waals surface area contributed by atoms with Gasteiger partial charge in [-0.25, -0.2) is 4.79 Å². The molecule has 134 valence electrons. The van der Waals surface area contributed by atoms with Gasteiger partial charge >= 0.3 is 6.03 Å². The molecule has 25 heavy (non-hydrogen) atoms. The lowest BCUT2D eigenvalue weighted by Gasteiger charge is -2.26. The van der Waals surface area contributed by atoms with Crippen molar-refractivity contribution in [2.75, 3.05) is 26.1 Å². The molecule has 0 aliphatic carbocycles. The Hall–Kier alpha value is -2.69. The number of para-hydroxylation sites is 1. The van der Waals surface area contributed by atoms with Gasteiger partial charge in [0.1, 0.15) is 0 Å². The number of aryl methyl sites for hydroxylation is 1. The summed E-state index contributed by atoms with van der Waals surface area (Å²) in [5.41, 5.74) is 2.63. The number of urea groups is 1. The fourth-order valence-electron chi connectivity index (χ4n) is 2.54. The molecule has 0 heterocycles. The predicted octanol–water partition coefficient (Wildman–Crippen LogP) is 4.11. The van der Waals surface area contributed by atoms with E-state index in [0.29, 0.717) is 18.0 Å². The Labute approximate surface area is 149 Å². The number of hydrogen-bond donors (Lipinski definition) is 2. The first-order valence-electron chi connectivity index (χ1n) is 8.20. The lowest BCUT2D eigenvalue weighted by molar-refractivity contribution is 0.249. The standard InChI is InChI=1S/C20H26N2O3/c1-14-8-6-7-9-16(14)22-19(23)21-13-20(2,3)15-10-11-17(24-4)18(12-15)25-5/h6-12H,13H2,1-5H3,(H2,21,22,23). The Morgan fingerprint density at radius 3 is 2.36 bits per heavy atom. The van der Waals surface area contributed by atoms with E-state index in [1.54, 1.807) is 14.2 Å². The smallest absolute Gasteiger partial charge is 0.319 e. The normalized spacial score (nSPS) is 10.9. The minimum atomic E-state index is -0.261. The molecule has 0 aliphatic rings. The Kier molecular flexibility index (Phi) is 5.91. The third-order valence-electron chi connectivity index (χ3n) is 4.25. The summed E-state index contributed by atoms with van der Waals surface area (Å²) in [6.07, 6.45) is 0. The number of anilines is 1. The first-order chi connectivity index (χ1) is 11.9. The number of benzene rings is 2. The van der Waals surface area contributed by atoms with Crippen molar-refractivity contribution in [2.45, 2.75) is 26.2 Å². The van der Waals surface area contributed by atoms with E-state index < -0.39 is 0 Å². The fraction of sp³-hybridized carbons (Fsp3) is 0.350. The Morgan fingerprint density at radius 2 is 1.72 bits per heavy atom. The molecule has 0 fully saturated rings. The molecule has 0 unspecified atom stereocenters. The maximum absolute atomic E-state index is 12.2. The average Bonchev–Trinajstić information content (AvgIpc) is 2.61. The molecule has 0 spiro atoms. The van der Waals surface area contributed by atoms with Crippen LogP contribution in [0.2, 0.25) is 0 Å². The summed E-state index contributed by atoms with van der Waals surface area (Å²) in [7, 11) is 3.22. The van der Waals surface area contributed by atoms with E-state index in [-0.39, 0.29) is 11.4 Å². The molecule has 0 radical (unpaired) electrons. The van der Waals surface area contributed by atoms with E-state index in [1.807, 2.05) is 49.4 Å². The van der Waals surface area contributed by atoms with Crippen LogP contribution < -0.4 is 20.1 Å². The quantitative estimate of drug-likeness (QED) is 0.830. The maximum atomic E-state index is 12.2. The lowest BCUT2D eigenvalue weighted by Crippen LogP contribution is -2.39. The van der Waals surface area contributed by atoms with E-state index in [2.05, 4.69) is 24.5 Å². The van der Waals surface area contributed by atoms with Crippen molar-refractivity contribution < 1.29 is 14.3 Å². The van der Waals surface area contributed by atoms with Crippen LogP contribution >= 0.6 is 0 Å². The lowest BCUT2D eigenvalue weighted by atomic mass is 9.84. The van der Waals surface area contributed by atoms with Crippen molar-refractivity contribution in [1.29, 1.82) is 0 Å². The van der Waals surface area contributed by atoms with Crippen molar-refractivity contribution in [3.8, 4) is 11.5 Å². The van der Waals surface area contributed by atoms with Gasteiger partial charge in [0.2, 0.25) is 0 Å². The van der Waals surface area contributed by atoms with E-state index in [4.69, 9.17) is 9.47 Å². The van der Waals surface area contributed by atoms with Gasteiger partial charge in [0.25, 0.3) is 0 Å². The monoisotopic (exact) mass is 342 g/mol. The molecular formula is C20H26N2O3. The van der Waals surface area contributed by atoms with Crippen LogP contribution in [-0.2, 0) is 5.41 Å². The number of nitrogens with one attached hydrogen (secondary N) is 2. The number of ether oxygens (including phenoxy) is 2. The van der Waals surface area contributed by atoms with Gasteiger partial charge in [-0.2, -0.15) is 0 Å². The molecule has 5 heteroatoms. The zero-order valence-electron chi connectivity index (χ0n) is 15.5. The van der Waals surface area contributed by atoms with Crippen LogP contribution in [0.4, 0.5) is 10.5 Å². The van der Waals surface area contributed by atoms with E-state index in [0.717, 1.165) is 16.8 Å². The number of methoxy groups -OCH3 is 2. The molecule has 0 aliphatic heterocycles. The molecule has 0 saturated carbocycles. The van der Waals surface area contributed by atoms with E-state index in [1.165, 1.54) is 0 Å². The molecule has 0 saturated heterocycles. The van der Waals surface area contributed by atoms with Crippen LogP contribution in [0.15, 0.2) is 42.5 Å². The fourth-order valence-corrected chi connectivity index (χ4v) is 2.54. The minimum absolute atomic E-state index is 0.220. The topological polar surface area (TPSA) is 59.6 Å². The second-order valence-electron chi connectivity index (χ2n) is 6.58. The number of hydrogen-bond acceptors (Lipinski definition) is 3. The second kappa shape index (κ2) is 7.92. The average molecular weight is 342 g/mol. The number of rotatable bonds is 6. The highest BCUT2D eigenvalue weighted by Gasteiger charge is 2.23. The van der Waals surface area contributed by atoms with Gasteiger partial charge in [-0.1, -0.05) is 38.1 Å². The van der Waals surface area contributed by atoms with Crippen LogP contribution in [-0.4, -0.2) is 26.8 Å². The predicted molar refractivity (Wildman–Crippen MR) is 101 cm³/mol. The zero-order valence-corrected chi connectivity index (χ0v) is 15.5. The second-order valence-corrected chi connectivity index (χ2v) is 6.58. The number of amides is 2. The van der Waals surface area contributed by atoms with Crippen molar-refractivity contribution in [1.82, 2.24) is 5.32 Å². The summed E-state index contributed by atoms with van der Waals surface area (Å²) in [4.78, 5) is 12.2. The molecule has 5 nitrogen and oxygen atoms in total.